The third-order valence-electron chi connectivity index (χ3n) is 14.2. The molecule has 20 heteroatoms. The van der Waals surface area contributed by atoms with E-state index in [0.29, 0.717) is 60.8 Å². The minimum atomic E-state index is -2.09. The zero-order valence-corrected chi connectivity index (χ0v) is 46.2. The van der Waals surface area contributed by atoms with Gasteiger partial charge in [0.2, 0.25) is 24.2 Å². The number of nitrogens with zero attached hydrogens (tertiary/aromatic N) is 4. The number of amides is 2. The Kier molecular flexibility index (Phi) is 21.6. The molecule has 0 saturated carbocycles. The van der Waals surface area contributed by atoms with Crippen molar-refractivity contribution in [2.75, 3.05) is 110 Å². The van der Waals surface area contributed by atoms with E-state index in [1.54, 1.807) is 56.9 Å². The average Bonchev–Trinajstić information content (AvgIpc) is 3.70. The van der Waals surface area contributed by atoms with E-state index in [2.05, 4.69) is 52.9 Å². The van der Waals surface area contributed by atoms with Gasteiger partial charge in [-0.15, -0.1) is 0 Å². The lowest BCUT2D eigenvalue weighted by Gasteiger charge is -2.34. The van der Waals surface area contributed by atoms with Crippen LogP contribution in [0.3, 0.4) is 0 Å². The maximum absolute atomic E-state index is 12.9. The molecule has 0 spiro atoms. The fourth-order valence-electron chi connectivity index (χ4n) is 9.94. The third-order valence-corrected chi connectivity index (χ3v) is 14.2. The number of methoxy groups -OCH3 is 8. The van der Waals surface area contributed by atoms with Gasteiger partial charge in [-0.3, -0.25) is 14.4 Å². The molecule has 8 rings (SSSR count). The van der Waals surface area contributed by atoms with Crippen LogP contribution in [-0.4, -0.2) is 182 Å². The monoisotopic (exact) mass is 1080 g/mol. The molecule has 0 bridgehead atoms. The highest BCUT2D eigenvalue weighted by molar-refractivity contribution is 5.85. The van der Waals surface area contributed by atoms with Crippen LogP contribution < -0.4 is 37.9 Å². The number of benzene rings is 4. The minimum Gasteiger partial charge on any atom is -0.493 e. The van der Waals surface area contributed by atoms with Crippen LogP contribution in [0.15, 0.2) is 60.9 Å². The van der Waals surface area contributed by atoms with Gasteiger partial charge in [-0.25, -0.2) is 4.79 Å². The lowest BCUT2D eigenvalue weighted by Crippen LogP contribution is -2.35. The molecule has 2 aliphatic heterocycles. The van der Waals surface area contributed by atoms with Gasteiger partial charge in [0.1, 0.15) is 0 Å². The van der Waals surface area contributed by atoms with Gasteiger partial charge in [0.05, 0.1) is 69.7 Å². The summed E-state index contributed by atoms with van der Waals surface area (Å²) < 4.78 is 47.1. The van der Waals surface area contributed by atoms with E-state index in [1.807, 2.05) is 58.6 Å². The van der Waals surface area contributed by atoms with Gasteiger partial charge in [0, 0.05) is 50.4 Å². The third kappa shape index (κ3) is 14.7. The lowest BCUT2D eigenvalue weighted by atomic mass is 9.77. The zero-order chi connectivity index (χ0) is 56.6. The molecule has 4 aliphatic rings. The van der Waals surface area contributed by atoms with Gasteiger partial charge in [0.15, 0.2) is 46.0 Å². The number of rotatable bonds is 24. The lowest BCUT2D eigenvalue weighted by molar-refractivity contribution is -0.185. The summed E-state index contributed by atoms with van der Waals surface area (Å²) in [5.74, 6) is 5.32. The predicted molar refractivity (Wildman–Crippen MR) is 291 cm³/mol. The van der Waals surface area contributed by atoms with E-state index >= 15 is 0 Å². The number of carboxylic acid groups (broad SMARTS) is 1. The van der Waals surface area contributed by atoms with Crippen LogP contribution in [0.1, 0.15) is 69.2 Å². The minimum absolute atomic E-state index is 0.0961. The first kappa shape index (κ1) is 59.7. The molecule has 0 fully saturated rings. The van der Waals surface area contributed by atoms with Crippen LogP contribution in [0.25, 0.3) is 12.2 Å². The van der Waals surface area contributed by atoms with E-state index in [4.69, 9.17) is 53.2 Å². The molecule has 2 aliphatic carbocycles. The van der Waals surface area contributed by atoms with E-state index in [1.165, 1.54) is 22.3 Å². The molecule has 0 saturated heterocycles. The summed E-state index contributed by atoms with van der Waals surface area (Å²) in [6.07, 6.45) is 8.27. The van der Waals surface area contributed by atoms with Crippen LogP contribution >= 0.6 is 0 Å². The largest absolute Gasteiger partial charge is 0.493 e. The Labute approximate surface area is 456 Å². The first-order valence-corrected chi connectivity index (χ1v) is 25.5. The zero-order valence-electron chi connectivity index (χ0n) is 46.2. The maximum Gasteiger partial charge on any atom is 0.339 e. The highest BCUT2D eigenvalue weighted by Gasteiger charge is 2.31. The number of carbonyl (C=O) groups excluding carboxylic acids is 3. The smallest absolute Gasteiger partial charge is 0.339 e. The SMILES string of the molecule is COc1cc2c(cc1OC)CC(=O)N(CCCN(C)C[C@H]1Cc3cc(OC)c(OC)cc31)C=C2.COc1cc2c(cc1OC)CC(=O)N(CCCN(C)C[C@H]1Cc3cc(OC)c(OC)cc31)C=C2.O=CO[C@H](O)[C@H](O)C(=O)O. The molecular formula is C58H74N4O16. The number of hydrogen-bond donors (Lipinski definition) is 3. The number of aliphatic hydroxyl groups excluding tert-OH is 2. The summed E-state index contributed by atoms with van der Waals surface area (Å²) in [5, 5.41) is 24.8. The van der Waals surface area contributed by atoms with E-state index in [-0.39, 0.29) is 18.3 Å². The Bertz CT molecular complexity index is 2630. The average molecular weight is 1080 g/mol. The number of aliphatic carboxylic acids is 1. The normalized spacial score (nSPS) is 16.3. The molecule has 4 aromatic carbocycles. The maximum atomic E-state index is 12.9. The molecule has 4 atom stereocenters. The van der Waals surface area contributed by atoms with Crippen molar-refractivity contribution in [1.29, 1.82) is 0 Å². The molecule has 2 heterocycles. The molecule has 0 unspecified atom stereocenters. The van der Waals surface area contributed by atoms with Gasteiger partial charge in [-0.2, -0.15) is 0 Å². The molecular weight excluding hydrogens is 1010 g/mol. The number of carbonyl (C=O) groups is 4. The van der Waals surface area contributed by atoms with Crippen molar-refractivity contribution in [2.45, 2.75) is 62.8 Å². The van der Waals surface area contributed by atoms with Crippen LogP contribution in [-0.2, 0) is 49.6 Å². The summed E-state index contributed by atoms with van der Waals surface area (Å²) in [6.45, 7) is 5.03. The van der Waals surface area contributed by atoms with Crippen LogP contribution in [0.4, 0.5) is 0 Å². The van der Waals surface area contributed by atoms with Crippen molar-refractivity contribution in [3.8, 4) is 46.0 Å². The molecule has 78 heavy (non-hydrogen) atoms. The van der Waals surface area contributed by atoms with Crippen molar-refractivity contribution in [1.82, 2.24) is 19.6 Å². The molecule has 4 aromatic rings. The summed E-state index contributed by atoms with van der Waals surface area (Å²) in [7, 11) is 17.4. The summed E-state index contributed by atoms with van der Waals surface area (Å²) >= 11 is 0. The van der Waals surface area contributed by atoms with Gasteiger partial charge >= 0.3 is 5.97 Å². The fourth-order valence-corrected chi connectivity index (χ4v) is 9.94. The number of likely N-dealkylation sites (N-methyl/N-ethyl adjacent to an activating group) is 2. The van der Waals surface area contributed by atoms with Gasteiger partial charge in [-0.05, 0) is 158 Å². The van der Waals surface area contributed by atoms with Crippen LogP contribution in [0.2, 0.25) is 0 Å². The standard InChI is InChI=1S/2C27H34N2O5.C4H6O6/c2*1-28(17-21-11-20-14-25(33-4)26(34-5)16-22(20)21)8-6-9-29-10-7-18-12-23(31-2)24(32-3)13-19(18)15-27(29)30;5-1-10-4(9)2(6)3(7)8/h2*7,10,12-14,16,21H,6,8-9,11,15,17H2,1-5H3;1-2,4,6,9H,(H,7,8)/t2*21-;2-,4+/m111/s1. The number of aliphatic hydroxyl groups is 2. The molecule has 3 N–H and O–H groups in total. The number of hydrogen-bond acceptors (Lipinski definition) is 17. The summed E-state index contributed by atoms with van der Waals surface area (Å²) in [4.78, 5) is 53.3. The first-order valence-electron chi connectivity index (χ1n) is 25.5. The molecule has 422 valence electrons. The van der Waals surface area contributed by atoms with E-state index in [0.717, 1.165) is 97.1 Å². The van der Waals surface area contributed by atoms with E-state index < -0.39 is 18.4 Å². The molecule has 0 radical (unpaired) electrons. The Morgan fingerprint density at radius 1 is 0.564 bits per heavy atom. The number of fused-ring (bicyclic) bond motifs is 4. The van der Waals surface area contributed by atoms with E-state index in [9.17, 15) is 19.2 Å². The van der Waals surface area contributed by atoms with Crippen molar-refractivity contribution >= 4 is 36.4 Å². The first-order chi connectivity index (χ1) is 37.5. The number of ether oxygens (including phenoxy) is 9. The molecule has 0 aromatic heterocycles. The van der Waals surface area contributed by atoms with Crippen molar-refractivity contribution < 1.29 is 77.1 Å². The van der Waals surface area contributed by atoms with Gasteiger partial charge in [0.25, 0.3) is 6.47 Å². The second-order valence-electron chi connectivity index (χ2n) is 19.2. The Morgan fingerprint density at radius 3 is 1.23 bits per heavy atom. The Hall–Kier alpha value is -7.52. The molecule has 2 amide bonds. The van der Waals surface area contributed by atoms with Gasteiger partial charge < -0.3 is 77.6 Å². The fraction of sp³-hybridized carbons (Fsp3) is 0.448. The second kappa shape index (κ2) is 28.2. The second-order valence-corrected chi connectivity index (χ2v) is 19.2. The topological polar surface area (TPSA) is 225 Å². The highest BCUT2D eigenvalue weighted by atomic mass is 16.6. The van der Waals surface area contributed by atoms with Crippen molar-refractivity contribution in [3.63, 3.8) is 0 Å². The van der Waals surface area contributed by atoms with Crippen molar-refractivity contribution in [2.24, 2.45) is 0 Å². The van der Waals surface area contributed by atoms with Crippen molar-refractivity contribution in [3.05, 3.63) is 105 Å². The summed E-state index contributed by atoms with van der Waals surface area (Å²) in [6, 6.07) is 16.0. The van der Waals surface area contributed by atoms with Gasteiger partial charge in [-0.1, -0.05) is 0 Å². The highest BCUT2D eigenvalue weighted by Crippen LogP contribution is 2.44. The summed E-state index contributed by atoms with van der Waals surface area (Å²) in [5.41, 5.74) is 9.25. The number of carboxylic acids is 1. The molecule has 20 nitrogen and oxygen atoms in total. The van der Waals surface area contributed by atoms with Crippen LogP contribution in [0.5, 0.6) is 46.0 Å². The Balaban J connectivity index is 0.000000215. The Morgan fingerprint density at radius 2 is 0.897 bits per heavy atom. The van der Waals surface area contributed by atoms with Crippen LogP contribution in [0, 0.1) is 0 Å². The quantitative estimate of drug-likeness (QED) is 0.0590. The predicted octanol–water partition coefficient (Wildman–Crippen LogP) is 5.40.